The molecule has 0 atom stereocenters. The number of halogens is 1. The molecule has 0 N–H and O–H groups in total. The van der Waals surface area contributed by atoms with E-state index in [4.69, 9.17) is 4.43 Å². The van der Waals surface area contributed by atoms with Crippen LogP contribution in [0.4, 0.5) is 4.39 Å². The first-order valence-electron chi connectivity index (χ1n) is 6.88. The number of rotatable bonds is 2. The average Bonchev–Trinajstić information content (AvgIpc) is 2.31. The Morgan fingerprint density at radius 2 is 1.74 bits per heavy atom. The molecule has 2 rings (SSSR count). The lowest BCUT2D eigenvalue weighted by Gasteiger charge is -2.38. The normalized spacial score (nSPS) is 16.3. The third-order valence-corrected chi connectivity index (χ3v) is 8.61. The molecule has 1 aliphatic carbocycles. The summed E-state index contributed by atoms with van der Waals surface area (Å²) >= 11 is 0. The molecule has 0 saturated heterocycles. The van der Waals surface area contributed by atoms with E-state index < -0.39 is 8.32 Å². The van der Waals surface area contributed by atoms with Crippen LogP contribution in [0.15, 0.2) is 30.1 Å². The average molecular weight is 278 g/mol. The van der Waals surface area contributed by atoms with Crippen LogP contribution in [0.5, 0.6) is 0 Å². The van der Waals surface area contributed by atoms with Crippen LogP contribution in [0.2, 0.25) is 18.1 Å². The SMILES string of the molecule is CC(C)(C)[Si](C)(C)OC1=C(F)CCc2ccccc21. The summed E-state index contributed by atoms with van der Waals surface area (Å²) in [5.74, 6) is 0.400. The molecule has 19 heavy (non-hydrogen) atoms. The van der Waals surface area contributed by atoms with Gasteiger partial charge in [-0.1, -0.05) is 45.0 Å². The maximum absolute atomic E-state index is 14.2. The highest BCUT2D eigenvalue weighted by atomic mass is 28.4. The molecule has 1 aromatic rings. The van der Waals surface area contributed by atoms with Gasteiger partial charge in [-0.3, -0.25) is 0 Å². The number of allylic oxidation sites excluding steroid dienone is 1. The topological polar surface area (TPSA) is 9.23 Å². The fourth-order valence-corrected chi connectivity index (χ4v) is 3.02. The van der Waals surface area contributed by atoms with E-state index in [1.807, 2.05) is 18.2 Å². The first-order valence-corrected chi connectivity index (χ1v) is 9.79. The molecule has 104 valence electrons. The Balaban J connectivity index is 2.39. The van der Waals surface area contributed by atoms with Gasteiger partial charge in [0.1, 0.15) is 11.6 Å². The maximum Gasteiger partial charge on any atom is 0.250 e. The minimum absolute atomic E-state index is 0.0761. The Labute approximate surface area is 116 Å². The second kappa shape index (κ2) is 4.78. The van der Waals surface area contributed by atoms with Gasteiger partial charge >= 0.3 is 0 Å². The summed E-state index contributed by atoms with van der Waals surface area (Å²) in [4.78, 5) is 0. The minimum atomic E-state index is -2.00. The monoisotopic (exact) mass is 278 g/mol. The van der Waals surface area contributed by atoms with Crippen molar-refractivity contribution in [3.63, 3.8) is 0 Å². The molecule has 0 radical (unpaired) electrons. The fourth-order valence-electron chi connectivity index (χ4n) is 1.98. The van der Waals surface area contributed by atoms with Crippen LogP contribution in [0.3, 0.4) is 0 Å². The minimum Gasteiger partial charge on any atom is -0.541 e. The van der Waals surface area contributed by atoms with Crippen molar-refractivity contribution in [3.8, 4) is 0 Å². The van der Waals surface area contributed by atoms with E-state index >= 15 is 0 Å². The van der Waals surface area contributed by atoms with Crippen LogP contribution in [-0.2, 0) is 10.8 Å². The van der Waals surface area contributed by atoms with Crippen molar-refractivity contribution in [2.24, 2.45) is 0 Å². The molecule has 0 unspecified atom stereocenters. The zero-order chi connectivity index (χ0) is 14.3. The van der Waals surface area contributed by atoms with Gasteiger partial charge in [0.05, 0.1) is 0 Å². The molecule has 0 spiro atoms. The molecule has 0 amide bonds. The lowest BCUT2D eigenvalue weighted by molar-refractivity contribution is 0.428. The number of benzene rings is 1. The smallest absolute Gasteiger partial charge is 0.250 e. The second-order valence-electron chi connectivity index (χ2n) is 6.75. The van der Waals surface area contributed by atoms with Crippen molar-refractivity contribution in [2.75, 3.05) is 0 Å². The van der Waals surface area contributed by atoms with Crippen LogP contribution < -0.4 is 0 Å². The molecule has 0 fully saturated rings. The van der Waals surface area contributed by atoms with Gasteiger partial charge < -0.3 is 4.43 Å². The van der Waals surface area contributed by atoms with Crippen molar-refractivity contribution >= 4 is 14.1 Å². The third kappa shape index (κ3) is 2.76. The fraction of sp³-hybridized carbons (Fsp3) is 0.500. The summed E-state index contributed by atoms with van der Waals surface area (Å²) in [7, 11) is -2.00. The van der Waals surface area contributed by atoms with Crippen molar-refractivity contribution in [1.82, 2.24) is 0 Å². The van der Waals surface area contributed by atoms with E-state index in [0.29, 0.717) is 12.2 Å². The van der Waals surface area contributed by atoms with Gasteiger partial charge in [-0.25, -0.2) is 4.39 Å². The van der Waals surface area contributed by atoms with E-state index in [2.05, 4.69) is 39.9 Å². The van der Waals surface area contributed by atoms with E-state index in [1.54, 1.807) is 0 Å². The molecule has 1 aromatic carbocycles. The van der Waals surface area contributed by atoms with E-state index in [1.165, 1.54) is 5.56 Å². The van der Waals surface area contributed by atoms with E-state index in [-0.39, 0.29) is 10.9 Å². The van der Waals surface area contributed by atoms with Crippen LogP contribution in [0.25, 0.3) is 5.76 Å². The van der Waals surface area contributed by atoms with Gasteiger partial charge in [0.15, 0.2) is 0 Å². The van der Waals surface area contributed by atoms with Crippen LogP contribution in [-0.4, -0.2) is 8.32 Å². The van der Waals surface area contributed by atoms with Gasteiger partial charge in [0.25, 0.3) is 8.32 Å². The molecular weight excluding hydrogens is 255 g/mol. The highest BCUT2D eigenvalue weighted by Gasteiger charge is 2.40. The molecule has 0 aliphatic heterocycles. The van der Waals surface area contributed by atoms with Gasteiger partial charge in [-0.05, 0) is 30.1 Å². The molecule has 0 aromatic heterocycles. The van der Waals surface area contributed by atoms with Gasteiger partial charge in [-0.15, -0.1) is 0 Å². The predicted molar refractivity (Wildman–Crippen MR) is 81.1 cm³/mol. The van der Waals surface area contributed by atoms with E-state index in [0.717, 1.165) is 12.0 Å². The first-order chi connectivity index (χ1) is 8.72. The summed E-state index contributed by atoms with van der Waals surface area (Å²) < 4.78 is 20.4. The number of hydrogen-bond donors (Lipinski definition) is 0. The molecule has 0 saturated carbocycles. The lowest BCUT2D eigenvalue weighted by atomic mass is 9.95. The highest BCUT2D eigenvalue weighted by Crippen LogP contribution is 2.42. The Morgan fingerprint density at radius 1 is 1.11 bits per heavy atom. The van der Waals surface area contributed by atoms with Gasteiger partial charge in [0.2, 0.25) is 0 Å². The van der Waals surface area contributed by atoms with Crippen molar-refractivity contribution in [2.45, 2.75) is 51.7 Å². The quantitative estimate of drug-likeness (QED) is 0.668. The number of hydrogen-bond acceptors (Lipinski definition) is 1. The Bertz CT molecular complexity index is 512. The molecule has 1 nitrogen and oxygen atoms in total. The summed E-state index contributed by atoms with van der Waals surface area (Å²) in [6.45, 7) is 10.8. The summed E-state index contributed by atoms with van der Waals surface area (Å²) in [5, 5.41) is 0.0761. The van der Waals surface area contributed by atoms with Gasteiger partial charge in [-0.2, -0.15) is 0 Å². The Hall–Kier alpha value is -1.09. The van der Waals surface area contributed by atoms with Crippen LogP contribution >= 0.6 is 0 Å². The van der Waals surface area contributed by atoms with Crippen LogP contribution in [0.1, 0.15) is 38.3 Å². The largest absolute Gasteiger partial charge is 0.541 e. The number of aryl methyl sites for hydroxylation is 1. The standard InChI is InChI=1S/C16H23FOSi/c1-16(2,3)19(4,5)18-15-13-9-7-6-8-12(13)10-11-14(15)17/h6-9H,10-11H2,1-5H3. The zero-order valence-electron chi connectivity index (χ0n) is 12.5. The van der Waals surface area contributed by atoms with Crippen molar-refractivity contribution in [1.29, 1.82) is 0 Å². The molecule has 1 aliphatic rings. The Kier molecular flexibility index (Phi) is 3.60. The second-order valence-corrected chi connectivity index (χ2v) is 11.5. The molecular formula is C16H23FOSi. The Morgan fingerprint density at radius 3 is 2.37 bits per heavy atom. The van der Waals surface area contributed by atoms with Gasteiger partial charge in [0, 0.05) is 12.0 Å². The van der Waals surface area contributed by atoms with Crippen molar-refractivity contribution in [3.05, 3.63) is 41.2 Å². The summed E-state index contributed by atoms with van der Waals surface area (Å²) in [6.07, 6.45) is 1.23. The molecule has 0 bridgehead atoms. The van der Waals surface area contributed by atoms with Crippen molar-refractivity contribution < 1.29 is 8.82 Å². The summed E-state index contributed by atoms with van der Waals surface area (Å²) in [6, 6.07) is 7.99. The third-order valence-electron chi connectivity index (χ3n) is 4.29. The molecule has 0 heterocycles. The zero-order valence-corrected chi connectivity index (χ0v) is 13.5. The number of fused-ring (bicyclic) bond motifs is 1. The highest BCUT2D eigenvalue weighted by molar-refractivity contribution is 6.74. The lowest BCUT2D eigenvalue weighted by Crippen LogP contribution is -2.40. The first kappa shape index (κ1) is 14.3. The van der Waals surface area contributed by atoms with Crippen LogP contribution in [0, 0.1) is 0 Å². The maximum atomic E-state index is 14.2. The predicted octanol–water partition coefficient (Wildman–Crippen LogP) is 5.29. The van der Waals surface area contributed by atoms with E-state index in [9.17, 15) is 4.39 Å². The summed E-state index contributed by atoms with van der Waals surface area (Å²) in [5.41, 5.74) is 2.13. The molecule has 3 heteroatoms.